The minimum Gasteiger partial charge on any atom is -0.449 e. The lowest BCUT2D eigenvalue weighted by molar-refractivity contribution is -0.123. The molecule has 1 unspecified atom stereocenters. The van der Waals surface area contributed by atoms with Crippen molar-refractivity contribution in [1.82, 2.24) is 5.32 Å². The minimum absolute atomic E-state index is 0.286. The number of allylic oxidation sites excluding steroid dienone is 2. The molecular weight excluding hydrogens is 350 g/mol. The van der Waals surface area contributed by atoms with Crippen LogP contribution in [0.1, 0.15) is 58.4 Å². The Morgan fingerprint density at radius 3 is 2.50 bits per heavy atom. The lowest BCUT2D eigenvalue weighted by Gasteiger charge is -2.17. The van der Waals surface area contributed by atoms with Crippen molar-refractivity contribution in [3.05, 3.63) is 60.2 Å². The quantitative estimate of drug-likeness (QED) is 0.363. The van der Waals surface area contributed by atoms with E-state index in [1.54, 1.807) is 6.08 Å². The summed E-state index contributed by atoms with van der Waals surface area (Å²) in [7, 11) is 0. The molecule has 1 atom stereocenters. The number of alkyl carbamates (subject to hydrolysis) is 1. The lowest BCUT2D eigenvalue weighted by Crippen LogP contribution is -2.36. The summed E-state index contributed by atoms with van der Waals surface area (Å²) in [4.78, 5) is 24.5. The molecule has 0 heterocycles. The Morgan fingerprint density at radius 1 is 1.14 bits per heavy atom. The van der Waals surface area contributed by atoms with Crippen LogP contribution in [0.5, 0.6) is 0 Å². The molecule has 0 fully saturated rings. The number of carbonyl (C=O) groups excluding carboxylic acids is 2. The first-order valence-electron chi connectivity index (χ1n) is 10.2. The second-order valence-corrected chi connectivity index (χ2v) is 7.55. The van der Waals surface area contributed by atoms with Gasteiger partial charge in [0.2, 0.25) is 5.91 Å². The van der Waals surface area contributed by atoms with E-state index in [2.05, 4.69) is 31.8 Å². The third-order valence-corrected chi connectivity index (χ3v) is 4.65. The maximum Gasteiger partial charge on any atom is 0.413 e. The van der Waals surface area contributed by atoms with Crippen molar-refractivity contribution in [2.24, 2.45) is 11.8 Å². The van der Waals surface area contributed by atoms with E-state index in [9.17, 15) is 9.59 Å². The van der Waals surface area contributed by atoms with Crippen LogP contribution in [-0.4, -0.2) is 18.6 Å². The molecule has 4 heteroatoms. The molecule has 1 N–H and O–H groups in total. The average Bonchev–Trinajstić information content (AvgIpc) is 2.66. The van der Waals surface area contributed by atoms with Crippen molar-refractivity contribution >= 4 is 12.0 Å². The van der Waals surface area contributed by atoms with E-state index < -0.39 is 6.09 Å². The molecule has 28 heavy (non-hydrogen) atoms. The second kappa shape index (κ2) is 13.8. The Morgan fingerprint density at radius 2 is 1.86 bits per heavy atom. The van der Waals surface area contributed by atoms with Crippen LogP contribution in [0, 0.1) is 11.8 Å². The van der Waals surface area contributed by atoms with Crippen molar-refractivity contribution in [3.63, 3.8) is 0 Å². The first-order valence-corrected chi connectivity index (χ1v) is 10.2. The van der Waals surface area contributed by atoms with Crippen molar-refractivity contribution in [2.75, 3.05) is 6.61 Å². The van der Waals surface area contributed by atoms with Crippen LogP contribution in [0.15, 0.2) is 54.6 Å². The highest BCUT2D eigenvalue weighted by atomic mass is 16.5. The number of carbonyl (C=O) groups is 2. The van der Waals surface area contributed by atoms with E-state index in [1.807, 2.05) is 37.3 Å². The molecule has 2 amide bonds. The van der Waals surface area contributed by atoms with Gasteiger partial charge in [-0.15, -0.1) is 6.58 Å². The minimum atomic E-state index is -0.670. The third kappa shape index (κ3) is 10.1. The number of nitrogens with one attached hydrogen (secondary N) is 1. The highest BCUT2D eigenvalue weighted by Crippen LogP contribution is 2.19. The van der Waals surface area contributed by atoms with Crippen LogP contribution in [0.2, 0.25) is 0 Å². The molecule has 154 valence electrons. The number of hydrogen-bond donors (Lipinski definition) is 1. The molecule has 0 bridgehead atoms. The van der Waals surface area contributed by atoms with Gasteiger partial charge in [0.25, 0.3) is 0 Å². The number of imide groups is 1. The Bertz CT molecular complexity index is 635. The molecular formula is C24H35NO3. The van der Waals surface area contributed by atoms with Crippen LogP contribution >= 0.6 is 0 Å². The number of aryl methyl sites for hydroxylation is 1. The third-order valence-electron chi connectivity index (χ3n) is 4.65. The van der Waals surface area contributed by atoms with E-state index in [-0.39, 0.29) is 18.4 Å². The highest BCUT2D eigenvalue weighted by molar-refractivity contribution is 5.94. The maximum atomic E-state index is 12.6. The zero-order valence-corrected chi connectivity index (χ0v) is 17.6. The molecule has 0 saturated heterocycles. The standard InChI is InChI=1S/C24H35NO3/c1-5-6-17-22(20(4)13-10-12-19(2)3)23(26)25-24(27)28-18-11-16-21-14-8-7-9-15-21/h5,7-9,13-15,19,22H,1,6,10-12,16-18H2,2-4H3,(H,25,26,27)/b20-13+. The zero-order valence-electron chi connectivity index (χ0n) is 17.6. The van der Waals surface area contributed by atoms with Gasteiger partial charge in [0.05, 0.1) is 12.5 Å². The summed E-state index contributed by atoms with van der Waals surface area (Å²) in [6.07, 6.45) is 8.17. The van der Waals surface area contributed by atoms with Crippen LogP contribution in [0.25, 0.3) is 0 Å². The lowest BCUT2D eigenvalue weighted by atomic mass is 9.92. The topological polar surface area (TPSA) is 55.4 Å². The fourth-order valence-electron chi connectivity index (χ4n) is 2.95. The Hall–Kier alpha value is -2.36. The van der Waals surface area contributed by atoms with Crippen LogP contribution in [-0.2, 0) is 16.0 Å². The fraction of sp³-hybridized carbons (Fsp3) is 0.500. The van der Waals surface area contributed by atoms with Gasteiger partial charge in [-0.05, 0) is 56.9 Å². The summed E-state index contributed by atoms with van der Waals surface area (Å²) in [5, 5.41) is 2.39. The number of ether oxygens (including phenoxy) is 1. The van der Waals surface area contributed by atoms with Gasteiger partial charge in [-0.2, -0.15) is 0 Å². The predicted molar refractivity (Wildman–Crippen MR) is 115 cm³/mol. The Kier molecular flexibility index (Phi) is 11.6. The summed E-state index contributed by atoms with van der Waals surface area (Å²) in [6, 6.07) is 10.0. The molecule has 0 spiro atoms. The summed E-state index contributed by atoms with van der Waals surface area (Å²) in [6.45, 7) is 10.3. The van der Waals surface area contributed by atoms with Gasteiger partial charge in [0, 0.05) is 0 Å². The summed E-state index contributed by atoms with van der Waals surface area (Å²) in [5.41, 5.74) is 2.20. The first kappa shape index (κ1) is 23.7. The molecule has 0 aromatic heterocycles. The van der Waals surface area contributed by atoms with Crippen molar-refractivity contribution in [1.29, 1.82) is 0 Å². The van der Waals surface area contributed by atoms with E-state index in [0.717, 1.165) is 37.7 Å². The molecule has 0 aliphatic carbocycles. The van der Waals surface area contributed by atoms with Gasteiger partial charge in [-0.3, -0.25) is 10.1 Å². The molecule has 0 aliphatic heterocycles. The van der Waals surface area contributed by atoms with E-state index in [1.165, 1.54) is 5.56 Å². The van der Waals surface area contributed by atoms with Crippen LogP contribution < -0.4 is 5.32 Å². The smallest absolute Gasteiger partial charge is 0.413 e. The molecule has 1 aromatic rings. The number of hydrogen-bond acceptors (Lipinski definition) is 3. The summed E-state index contributed by atoms with van der Waals surface area (Å²) >= 11 is 0. The van der Waals surface area contributed by atoms with Gasteiger partial charge in [-0.25, -0.2) is 4.79 Å². The Labute approximate surface area is 170 Å². The molecule has 0 aliphatic rings. The van der Waals surface area contributed by atoms with Gasteiger partial charge in [0.1, 0.15) is 0 Å². The number of benzene rings is 1. The normalized spacial score (nSPS) is 12.5. The van der Waals surface area contributed by atoms with E-state index in [0.29, 0.717) is 12.3 Å². The molecule has 0 saturated carbocycles. The van der Waals surface area contributed by atoms with Gasteiger partial charge in [0.15, 0.2) is 0 Å². The van der Waals surface area contributed by atoms with Crippen molar-refractivity contribution in [2.45, 2.75) is 59.3 Å². The van der Waals surface area contributed by atoms with E-state index in [4.69, 9.17) is 4.74 Å². The SMILES string of the molecule is C=CCCC(C(=O)NC(=O)OCCCc1ccccc1)/C(C)=C/CCC(C)C. The zero-order chi connectivity index (χ0) is 20.8. The highest BCUT2D eigenvalue weighted by Gasteiger charge is 2.22. The average molecular weight is 386 g/mol. The van der Waals surface area contributed by atoms with Gasteiger partial charge in [-0.1, -0.05) is 61.9 Å². The number of amides is 2. The van der Waals surface area contributed by atoms with Gasteiger partial charge >= 0.3 is 6.09 Å². The molecule has 1 rings (SSSR count). The van der Waals surface area contributed by atoms with Gasteiger partial charge < -0.3 is 4.74 Å². The van der Waals surface area contributed by atoms with Crippen molar-refractivity contribution < 1.29 is 14.3 Å². The fourth-order valence-corrected chi connectivity index (χ4v) is 2.95. The predicted octanol–water partition coefficient (Wildman–Crippen LogP) is 5.84. The molecule has 1 aromatic carbocycles. The summed E-state index contributed by atoms with van der Waals surface area (Å²) in [5.74, 6) is -0.00870. The molecule has 0 radical (unpaired) electrons. The van der Waals surface area contributed by atoms with Crippen molar-refractivity contribution in [3.8, 4) is 0 Å². The Balaban J connectivity index is 2.46. The largest absolute Gasteiger partial charge is 0.449 e. The number of rotatable bonds is 12. The van der Waals surface area contributed by atoms with E-state index >= 15 is 0 Å². The second-order valence-electron chi connectivity index (χ2n) is 7.55. The maximum absolute atomic E-state index is 12.6. The van der Waals surface area contributed by atoms with Crippen LogP contribution in [0.4, 0.5) is 4.79 Å². The summed E-state index contributed by atoms with van der Waals surface area (Å²) < 4.78 is 5.17. The molecule has 4 nitrogen and oxygen atoms in total. The monoisotopic (exact) mass is 385 g/mol. The first-order chi connectivity index (χ1) is 13.4. The van der Waals surface area contributed by atoms with Crippen LogP contribution in [0.3, 0.4) is 0 Å².